The normalized spacial score (nSPS) is 22.4. The largest absolute Gasteiger partial charge is 0.393 e. The highest BCUT2D eigenvalue weighted by molar-refractivity contribution is 5.64. The number of aromatic nitrogens is 2. The predicted octanol–water partition coefficient (Wildman–Crippen LogP) is 3.77. The van der Waals surface area contributed by atoms with E-state index in [0.717, 1.165) is 30.4 Å². The van der Waals surface area contributed by atoms with Gasteiger partial charge in [0.2, 0.25) is 5.95 Å². The zero-order valence-electron chi connectivity index (χ0n) is 14.7. The molecular formula is C21H23N3O. The highest BCUT2D eigenvalue weighted by atomic mass is 16.3. The van der Waals surface area contributed by atoms with E-state index in [1.165, 1.54) is 0 Å². The minimum atomic E-state index is -0.226. The van der Waals surface area contributed by atoms with E-state index < -0.39 is 0 Å². The van der Waals surface area contributed by atoms with Gasteiger partial charge < -0.3 is 5.11 Å². The van der Waals surface area contributed by atoms with E-state index >= 15 is 0 Å². The molecule has 4 heteroatoms. The van der Waals surface area contributed by atoms with Crippen LogP contribution >= 0.6 is 0 Å². The number of benzene rings is 1. The van der Waals surface area contributed by atoms with Gasteiger partial charge in [-0.3, -0.25) is 0 Å². The summed E-state index contributed by atoms with van der Waals surface area (Å²) in [6.45, 7) is 4.21. The number of rotatable bonds is 2. The van der Waals surface area contributed by atoms with E-state index in [1.807, 2.05) is 36.5 Å². The van der Waals surface area contributed by atoms with E-state index in [0.29, 0.717) is 11.9 Å². The number of aliphatic hydroxyl groups is 1. The first-order valence-corrected chi connectivity index (χ1v) is 8.64. The predicted molar refractivity (Wildman–Crippen MR) is 99.7 cm³/mol. The van der Waals surface area contributed by atoms with Crippen molar-refractivity contribution < 1.29 is 5.11 Å². The van der Waals surface area contributed by atoms with Gasteiger partial charge in [-0.25, -0.2) is 15.0 Å². The van der Waals surface area contributed by atoms with E-state index in [2.05, 4.69) is 40.6 Å². The lowest BCUT2D eigenvalue weighted by molar-refractivity contribution is 0.00434. The molecule has 0 bridgehead atoms. The van der Waals surface area contributed by atoms with Crippen molar-refractivity contribution in [2.24, 2.45) is 16.3 Å². The van der Waals surface area contributed by atoms with Crippen LogP contribution in [0.25, 0.3) is 0 Å². The maximum Gasteiger partial charge on any atom is 0.248 e. The molecule has 1 aromatic heterocycles. The van der Waals surface area contributed by atoms with Crippen molar-refractivity contribution in [3.63, 3.8) is 0 Å². The van der Waals surface area contributed by atoms with Gasteiger partial charge >= 0.3 is 0 Å². The van der Waals surface area contributed by atoms with Crippen LogP contribution < -0.4 is 0 Å². The summed E-state index contributed by atoms with van der Waals surface area (Å²) in [5.74, 6) is 6.95. The quantitative estimate of drug-likeness (QED) is 0.672. The van der Waals surface area contributed by atoms with Crippen molar-refractivity contribution in [3.8, 4) is 11.8 Å². The van der Waals surface area contributed by atoms with Gasteiger partial charge in [-0.15, -0.1) is 0 Å². The summed E-state index contributed by atoms with van der Waals surface area (Å²) >= 11 is 0. The fourth-order valence-electron chi connectivity index (χ4n) is 3.09. The van der Waals surface area contributed by atoms with Gasteiger partial charge in [0.15, 0.2) is 0 Å². The van der Waals surface area contributed by atoms with Crippen LogP contribution in [0.4, 0.5) is 5.95 Å². The second kappa shape index (κ2) is 7.58. The number of aliphatic hydroxyl groups excluding tert-OH is 1. The minimum Gasteiger partial charge on any atom is -0.393 e. The SMILES string of the molecule is CC1(C)CC(C=Nc2ncc(C#Cc3ccccc3)cn2)CCC1O. The van der Waals surface area contributed by atoms with Crippen molar-refractivity contribution in [2.75, 3.05) is 0 Å². The Morgan fingerprint density at radius 3 is 2.44 bits per heavy atom. The van der Waals surface area contributed by atoms with Gasteiger partial charge in [0, 0.05) is 24.2 Å². The van der Waals surface area contributed by atoms with Crippen LogP contribution in [-0.4, -0.2) is 27.4 Å². The van der Waals surface area contributed by atoms with Crippen molar-refractivity contribution >= 4 is 12.2 Å². The highest BCUT2D eigenvalue weighted by Crippen LogP contribution is 2.38. The first-order chi connectivity index (χ1) is 12.0. The summed E-state index contributed by atoms with van der Waals surface area (Å²) < 4.78 is 0. The highest BCUT2D eigenvalue weighted by Gasteiger charge is 2.34. The monoisotopic (exact) mass is 333 g/mol. The molecule has 1 aromatic carbocycles. The number of aliphatic imine (C=N–C) groups is 1. The fourth-order valence-corrected chi connectivity index (χ4v) is 3.09. The van der Waals surface area contributed by atoms with E-state index in [4.69, 9.17) is 0 Å². The van der Waals surface area contributed by atoms with Gasteiger partial charge in [0.05, 0.1) is 11.7 Å². The molecule has 25 heavy (non-hydrogen) atoms. The molecule has 1 aliphatic rings. The van der Waals surface area contributed by atoms with Gasteiger partial charge in [0.25, 0.3) is 0 Å². The second-order valence-electron chi connectivity index (χ2n) is 7.21. The zero-order valence-corrected chi connectivity index (χ0v) is 14.7. The summed E-state index contributed by atoms with van der Waals surface area (Å²) in [4.78, 5) is 12.9. The molecule has 1 saturated carbocycles. The van der Waals surface area contributed by atoms with Crippen molar-refractivity contribution in [2.45, 2.75) is 39.2 Å². The summed E-state index contributed by atoms with van der Waals surface area (Å²) in [5, 5.41) is 10.0. The molecule has 0 radical (unpaired) electrons. The summed E-state index contributed by atoms with van der Waals surface area (Å²) in [6.07, 6.45) is 7.80. The molecule has 2 atom stereocenters. The Bertz CT molecular complexity index is 785. The molecule has 3 rings (SSSR count). The Labute approximate surface area is 149 Å². The average Bonchev–Trinajstić information content (AvgIpc) is 2.62. The average molecular weight is 333 g/mol. The lowest BCUT2D eigenvalue weighted by atomic mass is 9.70. The Kier molecular flexibility index (Phi) is 5.25. The lowest BCUT2D eigenvalue weighted by Crippen LogP contribution is -2.36. The molecule has 0 amide bonds. The van der Waals surface area contributed by atoms with Crippen LogP contribution in [0.2, 0.25) is 0 Å². The molecule has 0 aliphatic heterocycles. The summed E-state index contributed by atoms with van der Waals surface area (Å²) in [5.41, 5.74) is 1.67. The van der Waals surface area contributed by atoms with Gasteiger partial charge in [-0.1, -0.05) is 43.9 Å². The van der Waals surface area contributed by atoms with Crippen molar-refractivity contribution in [1.82, 2.24) is 9.97 Å². The third-order valence-electron chi connectivity index (χ3n) is 4.67. The summed E-state index contributed by atoms with van der Waals surface area (Å²) in [7, 11) is 0. The molecule has 1 heterocycles. The van der Waals surface area contributed by atoms with Gasteiger partial charge in [-0.2, -0.15) is 0 Å². The lowest BCUT2D eigenvalue weighted by Gasteiger charge is -2.38. The van der Waals surface area contributed by atoms with Crippen molar-refractivity contribution in [1.29, 1.82) is 0 Å². The van der Waals surface area contributed by atoms with Gasteiger partial charge in [-0.05, 0) is 42.7 Å². The molecule has 0 spiro atoms. The molecule has 1 aliphatic carbocycles. The topological polar surface area (TPSA) is 58.4 Å². The van der Waals surface area contributed by atoms with Crippen LogP contribution in [0.5, 0.6) is 0 Å². The maximum absolute atomic E-state index is 10.0. The number of nitrogens with zero attached hydrogens (tertiary/aromatic N) is 3. The van der Waals surface area contributed by atoms with Crippen molar-refractivity contribution in [3.05, 3.63) is 53.9 Å². The fraction of sp³-hybridized carbons (Fsp3) is 0.381. The Morgan fingerprint density at radius 1 is 1.08 bits per heavy atom. The molecule has 1 fully saturated rings. The molecular weight excluding hydrogens is 310 g/mol. The third kappa shape index (κ3) is 4.74. The van der Waals surface area contributed by atoms with Crippen LogP contribution in [0.1, 0.15) is 44.2 Å². The Balaban J connectivity index is 1.62. The van der Waals surface area contributed by atoms with Crippen LogP contribution in [0, 0.1) is 23.2 Å². The van der Waals surface area contributed by atoms with Crippen LogP contribution in [0.3, 0.4) is 0 Å². The third-order valence-corrected chi connectivity index (χ3v) is 4.67. The second-order valence-corrected chi connectivity index (χ2v) is 7.21. The van der Waals surface area contributed by atoms with Gasteiger partial charge in [0.1, 0.15) is 0 Å². The molecule has 2 aromatic rings. The van der Waals surface area contributed by atoms with E-state index in [-0.39, 0.29) is 11.5 Å². The molecule has 128 valence electrons. The number of hydrogen-bond donors (Lipinski definition) is 1. The van der Waals surface area contributed by atoms with Crippen LogP contribution in [-0.2, 0) is 0 Å². The van der Waals surface area contributed by atoms with Crippen LogP contribution in [0.15, 0.2) is 47.7 Å². The molecule has 2 unspecified atom stereocenters. The Hall–Kier alpha value is -2.51. The van der Waals surface area contributed by atoms with E-state index in [1.54, 1.807) is 12.4 Å². The van der Waals surface area contributed by atoms with E-state index in [9.17, 15) is 5.11 Å². The smallest absolute Gasteiger partial charge is 0.248 e. The minimum absolute atomic E-state index is 0.0628. The first-order valence-electron chi connectivity index (χ1n) is 8.64. The summed E-state index contributed by atoms with van der Waals surface area (Å²) in [6, 6.07) is 9.83. The molecule has 0 saturated heterocycles. The molecule has 4 nitrogen and oxygen atoms in total. The maximum atomic E-state index is 10.0. The Morgan fingerprint density at radius 2 is 1.76 bits per heavy atom. The molecule has 1 N–H and O–H groups in total. The zero-order chi connectivity index (χ0) is 17.7. The first kappa shape index (κ1) is 17.3. The number of hydrogen-bond acceptors (Lipinski definition) is 4. The standard InChI is InChI=1S/C21H23N3O/c1-21(2)12-17(10-11-19(21)25)13-22-20-23-14-18(15-24-20)9-8-16-6-4-3-5-7-16/h3-7,13-15,17,19,25H,10-12H2,1-2H3.